The van der Waals surface area contributed by atoms with Crippen LogP contribution in [0.3, 0.4) is 0 Å². The highest BCUT2D eigenvalue weighted by molar-refractivity contribution is 5.78. The van der Waals surface area contributed by atoms with Crippen LogP contribution in [0.4, 0.5) is 0 Å². The molecule has 12 heavy (non-hydrogen) atoms. The maximum atomic E-state index is 11.5. The predicted octanol–water partition coefficient (Wildman–Crippen LogP) is 0.626. The smallest absolute Gasteiger partial charge is 0.225 e. The summed E-state index contributed by atoms with van der Waals surface area (Å²) in [6.07, 6.45) is 1.46. The average Bonchev–Trinajstić information content (AvgIpc) is 2.03. The van der Waals surface area contributed by atoms with E-state index in [1.54, 1.807) is 4.90 Å². The molecule has 0 bridgehead atoms. The Morgan fingerprint density at radius 2 is 2.25 bits per heavy atom. The van der Waals surface area contributed by atoms with E-state index in [0.29, 0.717) is 6.54 Å². The monoisotopic (exact) mass is 171 g/mol. The van der Waals surface area contributed by atoms with Crippen molar-refractivity contribution in [3.8, 4) is 0 Å². The molecule has 3 nitrogen and oxygen atoms in total. The van der Waals surface area contributed by atoms with E-state index in [0.717, 1.165) is 19.4 Å². The summed E-state index contributed by atoms with van der Waals surface area (Å²) in [7, 11) is 0. The molecule has 70 valence electrons. The Morgan fingerprint density at radius 3 is 2.75 bits per heavy atom. The summed E-state index contributed by atoms with van der Waals surface area (Å²) in [5.41, 5.74) is 0. The number of rotatable bonds is 1. The zero-order valence-corrected chi connectivity index (χ0v) is 7.79. The fourth-order valence-electron chi connectivity index (χ4n) is 1.52. The maximum absolute atomic E-state index is 11.5. The number of hydrogen-bond donors (Lipinski definition) is 1. The number of likely N-dealkylation sites (tertiary alicyclic amines) is 1. The molecule has 1 aliphatic heterocycles. The van der Waals surface area contributed by atoms with E-state index in [9.17, 15) is 9.90 Å². The van der Waals surface area contributed by atoms with Crippen LogP contribution in [-0.2, 0) is 4.79 Å². The van der Waals surface area contributed by atoms with Crippen molar-refractivity contribution in [3.63, 3.8) is 0 Å². The lowest BCUT2D eigenvalue weighted by atomic mass is 10.1. The number of carbonyl (C=O) groups is 1. The van der Waals surface area contributed by atoms with E-state index in [1.807, 2.05) is 13.8 Å². The highest BCUT2D eigenvalue weighted by atomic mass is 16.3. The van der Waals surface area contributed by atoms with Gasteiger partial charge in [-0.2, -0.15) is 0 Å². The molecule has 3 heteroatoms. The number of β-amino-alcohol motifs (C(OH)–C–C–N with tert-alkyl or cyclic N) is 1. The molecule has 1 aliphatic rings. The number of hydrogen-bond acceptors (Lipinski definition) is 2. The van der Waals surface area contributed by atoms with Crippen molar-refractivity contribution in [3.05, 3.63) is 0 Å². The third-order valence-electron chi connectivity index (χ3n) is 2.20. The predicted molar refractivity (Wildman–Crippen MR) is 46.7 cm³/mol. The van der Waals surface area contributed by atoms with Gasteiger partial charge in [0.1, 0.15) is 0 Å². The summed E-state index contributed by atoms with van der Waals surface area (Å²) in [6, 6.07) is 0. The number of carbonyl (C=O) groups excluding carboxylic acids is 1. The van der Waals surface area contributed by atoms with Crippen LogP contribution in [0.25, 0.3) is 0 Å². The van der Waals surface area contributed by atoms with Gasteiger partial charge in [-0.1, -0.05) is 13.8 Å². The summed E-state index contributed by atoms with van der Waals surface area (Å²) in [5.74, 6) is 0.212. The molecule has 1 heterocycles. The van der Waals surface area contributed by atoms with Crippen molar-refractivity contribution in [1.29, 1.82) is 0 Å². The molecule has 0 aromatic carbocycles. The lowest BCUT2D eigenvalue weighted by molar-refractivity contribution is -0.137. The second kappa shape index (κ2) is 3.90. The maximum Gasteiger partial charge on any atom is 0.225 e. The van der Waals surface area contributed by atoms with Crippen LogP contribution in [-0.4, -0.2) is 35.1 Å². The molecule has 1 unspecified atom stereocenters. The highest BCUT2D eigenvalue weighted by Gasteiger charge is 2.23. The van der Waals surface area contributed by atoms with E-state index in [-0.39, 0.29) is 17.9 Å². The topological polar surface area (TPSA) is 40.5 Å². The normalized spacial score (nSPS) is 24.7. The van der Waals surface area contributed by atoms with E-state index >= 15 is 0 Å². The van der Waals surface area contributed by atoms with E-state index in [1.165, 1.54) is 0 Å². The molecular weight excluding hydrogens is 154 g/mol. The van der Waals surface area contributed by atoms with Crippen LogP contribution in [0.2, 0.25) is 0 Å². The molecule has 0 spiro atoms. The van der Waals surface area contributed by atoms with Crippen LogP contribution < -0.4 is 0 Å². The zero-order valence-electron chi connectivity index (χ0n) is 7.79. The van der Waals surface area contributed by atoms with Gasteiger partial charge in [0.2, 0.25) is 5.91 Å². The van der Waals surface area contributed by atoms with Gasteiger partial charge in [-0.15, -0.1) is 0 Å². The van der Waals surface area contributed by atoms with Crippen molar-refractivity contribution in [2.45, 2.75) is 32.8 Å². The fourth-order valence-corrected chi connectivity index (χ4v) is 1.52. The highest BCUT2D eigenvalue weighted by Crippen LogP contribution is 2.12. The van der Waals surface area contributed by atoms with Crippen LogP contribution >= 0.6 is 0 Å². The van der Waals surface area contributed by atoms with E-state index in [4.69, 9.17) is 0 Å². The van der Waals surface area contributed by atoms with Gasteiger partial charge in [0.05, 0.1) is 6.10 Å². The Hall–Kier alpha value is -0.570. The molecule has 1 N–H and O–H groups in total. The fraction of sp³-hybridized carbons (Fsp3) is 0.889. The van der Waals surface area contributed by atoms with Gasteiger partial charge in [0, 0.05) is 19.0 Å². The zero-order chi connectivity index (χ0) is 9.14. The third-order valence-corrected chi connectivity index (χ3v) is 2.20. The molecule has 1 atom stereocenters. The Kier molecular flexibility index (Phi) is 3.09. The summed E-state index contributed by atoms with van der Waals surface area (Å²) in [5, 5.41) is 9.32. The van der Waals surface area contributed by atoms with Gasteiger partial charge in [0.15, 0.2) is 0 Å². The van der Waals surface area contributed by atoms with Crippen LogP contribution in [0.1, 0.15) is 26.7 Å². The van der Waals surface area contributed by atoms with Crippen molar-refractivity contribution in [1.82, 2.24) is 4.90 Å². The average molecular weight is 171 g/mol. The molecule has 0 aromatic heterocycles. The van der Waals surface area contributed by atoms with Gasteiger partial charge in [0.25, 0.3) is 0 Å². The lowest BCUT2D eigenvalue weighted by Gasteiger charge is -2.31. The molecule has 1 saturated heterocycles. The van der Waals surface area contributed by atoms with Crippen LogP contribution in [0, 0.1) is 5.92 Å². The van der Waals surface area contributed by atoms with Gasteiger partial charge in [-0.3, -0.25) is 4.79 Å². The SMILES string of the molecule is CC(C)C(=O)N1CCCC(O)C1. The first-order chi connectivity index (χ1) is 5.61. The first-order valence-corrected chi connectivity index (χ1v) is 4.58. The second-order valence-electron chi connectivity index (χ2n) is 3.74. The van der Waals surface area contributed by atoms with Gasteiger partial charge in [-0.25, -0.2) is 0 Å². The number of aliphatic hydroxyl groups excluding tert-OH is 1. The minimum absolute atomic E-state index is 0.0512. The number of aliphatic hydroxyl groups is 1. The summed E-state index contributed by atoms with van der Waals surface area (Å²) < 4.78 is 0. The minimum atomic E-state index is -0.304. The molecule has 0 radical (unpaired) electrons. The Labute approximate surface area is 73.4 Å². The largest absolute Gasteiger partial charge is 0.391 e. The standard InChI is InChI=1S/C9H17NO2/c1-7(2)9(12)10-5-3-4-8(11)6-10/h7-8,11H,3-6H2,1-2H3. The Bertz CT molecular complexity index is 168. The van der Waals surface area contributed by atoms with Crippen molar-refractivity contribution < 1.29 is 9.90 Å². The number of piperidine rings is 1. The Morgan fingerprint density at radius 1 is 1.58 bits per heavy atom. The molecule has 1 amide bonds. The summed E-state index contributed by atoms with van der Waals surface area (Å²) in [4.78, 5) is 13.2. The lowest BCUT2D eigenvalue weighted by Crippen LogP contribution is -2.43. The molecule has 1 rings (SSSR count). The van der Waals surface area contributed by atoms with E-state index in [2.05, 4.69) is 0 Å². The van der Waals surface area contributed by atoms with Crippen LogP contribution in [0.15, 0.2) is 0 Å². The second-order valence-corrected chi connectivity index (χ2v) is 3.74. The first-order valence-electron chi connectivity index (χ1n) is 4.58. The first kappa shape index (κ1) is 9.52. The molecule has 0 aromatic rings. The number of amides is 1. The van der Waals surface area contributed by atoms with Gasteiger partial charge in [-0.05, 0) is 12.8 Å². The minimum Gasteiger partial charge on any atom is -0.391 e. The van der Waals surface area contributed by atoms with E-state index < -0.39 is 0 Å². The van der Waals surface area contributed by atoms with Gasteiger partial charge < -0.3 is 10.0 Å². The molecular formula is C9H17NO2. The van der Waals surface area contributed by atoms with Crippen molar-refractivity contribution in [2.75, 3.05) is 13.1 Å². The quantitative estimate of drug-likeness (QED) is 0.628. The van der Waals surface area contributed by atoms with Crippen LogP contribution in [0.5, 0.6) is 0 Å². The molecule has 1 fully saturated rings. The van der Waals surface area contributed by atoms with Crippen molar-refractivity contribution >= 4 is 5.91 Å². The summed E-state index contributed by atoms with van der Waals surface area (Å²) >= 11 is 0. The Balaban J connectivity index is 2.46. The molecule has 0 aliphatic carbocycles. The molecule has 0 saturated carbocycles. The summed E-state index contributed by atoms with van der Waals surface area (Å²) in [6.45, 7) is 5.12. The van der Waals surface area contributed by atoms with Crippen molar-refractivity contribution in [2.24, 2.45) is 5.92 Å². The number of nitrogens with zero attached hydrogens (tertiary/aromatic N) is 1. The third kappa shape index (κ3) is 2.21. The van der Waals surface area contributed by atoms with Gasteiger partial charge >= 0.3 is 0 Å².